The predicted octanol–water partition coefficient (Wildman–Crippen LogP) is 5.26. The van der Waals surface area contributed by atoms with Gasteiger partial charge < -0.3 is 10.1 Å². The largest absolute Gasteiger partial charge is 0.398 e. The Morgan fingerprint density at radius 3 is 2.43 bits per heavy atom. The Bertz CT molecular complexity index is 1070. The van der Waals surface area contributed by atoms with Crippen molar-refractivity contribution in [3.8, 4) is 11.3 Å². The molecule has 0 saturated carbocycles. The van der Waals surface area contributed by atoms with E-state index in [4.69, 9.17) is 22.3 Å². The van der Waals surface area contributed by atoms with Crippen molar-refractivity contribution in [2.75, 3.05) is 12.3 Å². The molecule has 0 amide bonds. The Labute approximate surface area is 170 Å². The number of nitrogens with zero attached hydrogens (tertiary/aromatic N) is 3. The molecule has 0 aliphatic rings. The minimum Gasteiger partial charge on any atom is -0.398 e. The van der Waals surface area contributed by atoms with E-state index in [1.165, 1.54) is 5.56 Å². The molecule has 2 N–H and O–H groups in total. The van der Waals surface area contributed by atoms with Gasteiger partial charge in [-0.2, -0.15) is 0 Å². The minimum atomic E-state index is 0.720. The van der Waals surface area contributed by atoms with Gasteiger partial charge in [-0.3, -0.25) is 4.90 Å². The van der Waals surface area contributed by atoms with Crippen molar-refractivity contribution >= 4 is 22.9 Å². The van der Waals surface area contributed by atoms with E-state index in [2.05, 4.69) is 40.5 Å². The second-order valence-corrected chi connectivity index (χ2v) is 7.33. The monoisotopic (exact) mass is 390 g/mol. The Morgan fingerprint density at radius 1 is 0.964 bits per heavy atom. The van der Waals surface area contributed by atoms with Gasteiger partial charge in [0.2, 0.25) is 0 Å². The van der Waals surface area contributed by atoms with E-state index < -0.39 is 0 Å². The quantitative estimate of drug-likeness (QED) is 0.488. The van der Waals surface area contributed by atoms with E-state index in [0.717, 1.165) is 52.9 Å². The zero-order valence-electron chi connectivity index (χ0n) is 15.8. The van der Waals surface area contributed by atoms with E-state index in [1.807, 2.05) is 48.7 Å². The number of halogens is 1. The summed E-state index contributed by atoms with van der Waals surface area (Å²) in [6.07, 6.45) is 1.95. The van der Waals surface area contributed by atoms with E-state index in [1.54, 1.807) is 0 Å². The average molecular weight is 391 g/mol. The summed E-state index contributed by atoms with van der Waals surface area (Å²) in [5, 5.41) is 0.720. The van der Waals surface area contributed by atoms with Crippen LogP contribution < -0.4 is 5.73 Å². The smallest absolute Gasteiger partial charge is 0.137 e. The van der Waals surface area contributed by atoms with Crippen LogP contribution in [-0.4, -0.2) is 20.8 Å². The van der Waals surface area contributed by atoms with Gasteiger partial charge in [-0.25, -0.2) is 4.98 Å². The van der Waals surface area contributed by atoms with Crippen molar-refractivity contribution in [3.63, 3.8) is 0 Å². The number of rotatable bonds is 6. The van der Waals surface area contributed by atoms with Crippen LogP contribution in [0.2, 0.25) is 5.02 Å². The molecule has 142 valence electrons. The molecule has 28 heavy (non-hydrogen) atoms. The second-order valence-electron chi connectivity index (χ2n) is 6.89. The van der Waals surface area contributed by atoms with E-state index in [9.17, 15) is 0 Å². The molecule has 4 rings (SSSR count). The van der Waals surface area contributed by atoms with Gasteiger partial charge in [0.25, 0.3) is 0 Å². The number of nitrogens with two attached hydrogens (primary N) is 1. The summed E-state index contributed by atoms with van der Waals surface area (Å²) in [4.78, 5) is 7.29. The van der Waals surface area contributed by atoms with Gasteiger partial charge in [0, 0.05) is 35.6 Å². The van der Waals surface area contributed by atoms with Gasteiger partial charge in [-0.05, 0) is 36.4 Å². The van der Waals surface area contributed by atoms with Crippen molar-refractivity contribution in [1.82, 2.24) is 14.3 Å². The highest BCUT2D eigenvalue weighted by molar-refractivity contribution is 6.30. The number of nitrogen functional groups attached to an aromatic ring is 1. The van der Waals surface area contributed by atoms with Crippen LogP contribution in [-0.2, 0) is 13.1 Å². The molecule has 0 aliphatic heterocycles. The van der Waals surface area contributed by atoms with Gasteiger partial charge >= 0.3 is 0 Å². The Hall–Kier alpha value is -2.82. The lowest BCUT2D eigenvalue weighted by Crippen LogP contribution is -2.23. The number of hydrogen-bond acceptors (Lipinski definition) is 3. The molecule has 5 heteroatoms. The molecule has 4 nitrogen and oxygen atoms in total. The van der Waals surface area contributed by atoms with E-state index >= 15 is 0 Å². The lowest BCUT2D eigenvalue weighted by atomic mass is 10.1. The molecule has 0 radical (unpaired) electrons. The maximum absolute atomic E-state index is 6.09. The molecule has 0 aliphatic carbocycles. The zero-order chi connectivity index (χ0) is 19.5. The molecule has 0 unspecified atom stereocenters. The SMILES string of the molecule is CCN(Cc1ccccc1)Cc1c(-c2ccc(Cl)cc2)nc2ccc(N)cn12. The molecule has 4 aromatic rings. The van der Waals surface area contributed by atoms with Crippen molar-refractivity contribution in [2.45, 2.75) is 20.0 Å². The first-order valence-corrected chi connectivity index (χ1v) is 9.80. The first kappa shape index (κ1) is 18.5. The first-order chi connectivity index (χ1) is 13.6. The average Bonchev–Trinajstić information content (AvgIpc) is 3.06. The molecule has 2 aromatic heterocycles. The molecule has 2 heterocycles. The highest BCUT2D eigenvalue weighted by Crippen LogP contribution is 2.28. The van der Waals surface area contributed by atoms with Crippen LogP contribution in [0.5, 0.6) is 0 Å². The Balaban J connectivity index is 1.76. The molecule has 0 spiro atoms. The summed E-state index contributed by atoms with van der Waals surface area (Å²) >= 11 is 6.09. The van der Waals surface area contributed by atoms with E-state index in [-0.39, 0.29) is 0 Å². The molecule has 0 fully saturated rings. The van der Waals surface area contributed by atoms with Crippen LogP contribution in [0, 0.1) is 0 Å². The topological polar surface area (TPSA) is 46.6 Å². The molecule has 0 atom stereocenters. The Morgan fingerprint density at radius 2 is 1.71 bits per heavy atom. The Kier molecular flexibility index (Phi) is 5.33. The van der Waals surface area contributed by atoms with Crippen molar-refractivity contribution in [2.24, 2.45) is 0 Å². The zero-order valence-corrected chi connectivity index (χ0v) is 16.6. The van der Waals surface area contributed by atoms with Gasteiger partial charge in [-0.1, -0.05) is 61.0 Å². The summed E-state index contributed by atoms with van der Waals surface area (Å²) in [5.41, 5.74) is 12.1. The molecule has 0 saturated heterocycles. The third-order valence-corrected chi connectivity index (χ3v) is 5.18. The van der Waals surface area contributed by atoms with Gasteiger partial charge in [0.15, 0.2) is 0 Å². The standard InChI is InChI=1S/C23H23ClN4/c1-2-27(14-17-6-4-3-5-7-17)16-21-23(18-8-10-19(24)11-9-18)26-22-13-12-20(25)15-28(21)22/h3-13,15H,2,14,16,25H2,1H3. The summed E-state index contributed by atoms with van der Waals surface area (Å²) in [7, 11) is 0. The first-order valence-electron chi connectivity index (χ1n) is 9.42. The molecular formula is C23H23ClN4. The van der Waals surface area contributed by atoms with Crippen LogP contribution >= 0.6 is 11.6 Å². The van der Waals surface area contributed by atoms with Crippen LogP contribution in [0.3, 0.4) is 0 Å². The number of fused-ring (bicyclic) bond motifs is 1. The highest BCUT2D eigenvalue weighted by Gasteiger charge is 2.17. The summed E-state index contributed by atoms with van der Waals surface area (Å²) in [6.45, 7) is 4.77. The van der Waals surface area contributed by atoms with Crippen LogP contribution in [0.4, 0.5) is 5.69 Å². The maximum atomic E-state index is 6.09. The van der Waals surface area contributed by atoms with Crippen molar-refractivity contribution < 1.29 is 0 Å². The summed E-state index contributed by atoms with van der Waals surface area (Å²) in [5.74, 6) is 0. The maximum Gasteiger partial charge on any atom is 0.137 e. The predicted molar refractivity (Wildman–Crippen MR) is 116 cm³/mol. The van der Waals surface area contributed by atoms with Crippen LogP contribution in [0.25, 0.3) is 16.9 Å². The number of aromatic nitrogens is 2. The van der Waals surface area contributed by atoms with E-state index in [0.29, 0.717) is 0 Å². The number of pyridine rings is 1. The van der Waals surface area contributed by atoms with Gasteiger partial charge in [0.1, 0.15) is 5.65 Å². The fourth-order valence-electron chi connectivity index (χ4n) is 3.43. The number of imidazole rings is 1. The highest BCUT2D eigenvalue weighted by atomic mass is 35.5. The fourth-order valence-corrected chi connectivity index (χ4v) is 3.56. The summed E-state index contributed by atoms with van der Waals surface area (Å²) < 4.78 is 2.10. The van der Waals surface area contributed by atoms with Gasteiger partial charge in [0.05, 0.1) is 11.4 Å². The fraction of sp³-hybridized carbons (Fsp3) is 0.174. The third kappa shape index (κ3) is 3.88. The lowest BCUT2D eigenvalue weighted by molar-refractivity contribution is 0.268. The van der Waals surface area contributed by atoms with Crippen molar-refractivity contribution in [1.29, 1.82) is 0 Å². The second kappa shape index (κ2) is 8.05. The third-order valence-electron chi connectivity index (χ3n) is 4.93. The minimum absolute atomic E-state index is 0.720. The lowest BCUT2D eigenvalue weighted by Gasteiger charge is -2.21. The number of benzene rings is 2. The van der Waals surface area contributed by atoms with Crippen LogP contribution in [0.1, 0.15) is 18.2 Å². The summed E-state index contributed by atoms with van der Waals surface area (Å²) in [6, 6.07) is 22.2. The normalized spacial score (nSPS) is 11.4. The van der Waals surface area contributed by atoms with Crippen LogP contribution in [0.15, 0.2) is 72.9 Å². The van der Waals surface area contributed by atoms with Crippen molar-refractivity contribution in [3.05, 3.63) is 89.2 Å². The number of hydrogen-bond donors (Lipinski definition) is 1. The van der Waals surface area contributed by atoms with Gasteiger partial charge in [-0.15, -0.1) is 0 Å². The number of anilines is 1. The molecule has 0 bridgehead atoms. The molecular weight excluding hydrogens is 368 g/mol. The molecule has 2 aromatic carbocycles.